The number of fused-ring (bicyclic) bond motifs is 4. The van der Waals surface area contributed by atoms with Crippen molar-refractivity contribution in [1.29, 1.82) is 0 Å². The number of aromatic amines is 4. The summed E-state index contributed by atoms with van der Waals surface area (Å²) < 4.78 is 5.31. The number of nitrogens with zero attached hydrogens (tertiary/aromatic N) is 9. The van der Waals surface area contributed by atoms with Gasteiger partial charge in [0.15, 0.2) is 11.5 Å². The first kappa shape index (κ1) is 49.5. The van der Waals surface area contributed by atoms with E-state index in [9.17, 15) is 0 Å². The third-order valence-corrected chi connectivity index (χ3v) is 12.4. The second kappa shape index (κ2) is 25.1. The van der Waals surface area contributed by atoms with Crippen molar-refractivity contribution >= 4 is 67.5 Å². The van der Waals surface area contributed by atoms with Crippen LogP contribution in [0.2, 0.25) is 0 Å². The Hall–Kier alpha value is -7.89. The van der Waals surface area contributed by atoms with Crippen LogP contribution >= 0.6 is 0 Å². The van der Waals surface area contributed by atoms with E-state index in [1.54, 1.807) is 25.2 Å². The van der Waals surface area contributed by atoms with Gasteiger partial charge in [-0.25, -0.2) is 44.9 Å². The molecule has 1 fully saturated rings. The highest BCUT2D eigenvalue weighted by Crippen LogP contribution is 2.36. The molecule has 9 aromatic heterocycles. The van der Waals surface area contributed by atoms with Crippen LogP contribution in [0.3, 0.4) is 0 Å². The Morgan fingerprint density at radius 1 is 0.592 bits per heavy atom. The minimum atomic E-state index is 0.558. The zero-order valence-electron chi connectivity index (χ0n) is 41.6. The van der Waals surface area contributed by atoms with E-state index in [1.165, 1.54) is 61.5 Å². The molecule has 8 N–H and O–H groups in total. The Bertz CT molecular complexity index is 3150. The lowest BCUT2D eigenvalue weighted by Crippen LogP contribution is -2.10. The van der Waals surface area contributed by atoms with Gasteiger partial charge in [0.25, 0.3) is 0 Å². The van der Waals surface area contributed by atoms with Gasteiger partial charge in [0, 0.05) is 49.7 Å². The van der Waals surface area contributed by atoms with E-state index >= 15 is 0 Å². The van der Waals surface area contributed by atoms with Gasteiger partial charge < -0.3 is 45.6 Å². The first-order chi connectivity index (χ1) is 35.0. The molecule has 0 saturated heterocycles. The van der Waals surface area contributed by atoms with Crippen LogP contribution in [-0.4, -0.2) is 84.4 Å². The third kappa shape index (κ3) is 12.5. The molecule has 11 rings (SSSR count). The molecule has 0 spiro atoms. The quantitative estimate of drug-likeness (QED) is 0.0373. The van der Waals surface area contributed by atoms with Gasteiger partial charge in [-0.15, -0.1) is 0 Å². The van der Waals surface area contributed by atoms with Crippen LogP contribution in [0.4, 0.5) is 23.3 Å². The number of unbranched alkanes of at least 4 members (excludes halogenated alkanes) is 3. The fraction of sp³-hybridized carbons (Fsp3) is 0.377. The molecule has 1 aliphatic rings. The summed E-state index contributed by atoms with van der Waals surface area (Å²) in [6, 6.07) is 14.1. The standard InChI is InChI=1S/C16H18N4.C14H15N5O.C12H18N4.C11H16N4/c1-2-3-9-17-15-14-13(12-7-5-4-6-8-12)10-18-16(14)20-11-19-15;1-3-9(4-1)12-18-11-13(16-8-17-14(11)19-12)15-7-10-5-2-6-20-10;1-3-5-6-13-11-10-9(4-2)7-14-12(10)16-8-15-11;1-3-4-5-12-10-9-8(2)6-13-11(9)15-7-14-10/h4-8,10-11H,2-3,9H2,1H3,(H2,17,18,19,20);2,5-6,8-9H,1,3-4,7H2,(H2,15,16,17,18,19);7-8H,3-6H2,1-2H3,(H2,13,14,15,16);6-7H,3-5H2,1-2H3,(H2,12,13,14,15). The molecule has 18 nitrogen and oxygen atoms in total. The van der Waals surface area contributed by atoms with E-state index in [-0.39, 0.29) is 0 Å². The zero-order chi connectivity index (χ0) is 49.2. The highest BCUT2D eigenvalue weighted by molar-refractivity contribution is 6.00. The van der Waals surface area contributed by atoms with Crippen LogP contribution in [0.1, 0.15) is 114 Å². The van der Waals surface area contributed by atoms with E-state index in [2.05, 4.69) is 133 Å². The van der Waals surface area contributed by atoms with Gasteiger partial charge in [-0.2, -0.15) is 0 Å². The van der Waals surface area contributed by atoms with Crippen LogP contribution < -0.4 is 21.3 Å². The van der Waals surface area contributed by atoms with Crippen LogP contribution in [-0.2, 0) is 13.0 Å². The lowest BCUT2D eigenvalue weighted by molar-refractivity contribution is 0.404. The van der Waals surface area contributed by atoms with Crippen LogP contribution in [0.5, 0.6) is 0 Å². The van der Waals surface area contributed by atoms with Gasteiger partial charge in [0.2, 0.25) is 0 Å². The molecule has 18 heteroatoms. The number of furan rings is 1. The molecular weight excluding hydrogens is 891 g/mol. The molecule has 10 aromatic rings. The summed E-state index contributed by atoms with van der Waals surface area (Å²) in [5, 5.41) is 16.7. The first-order valence-corrected chi connectivity index (χ1v) is 25.1. The fourth-order valence-electron chi connectivity index (χ4n) is 8.22. The number of nitrogens with one attached hydrogen (secondary N) is 8. The summed E-state index contributed by atoms with van der Waals surface area (Å²) >= 11 is 0. The molecule has 0 aliphatic heterocycles. The van der Waals surface area contributed by atoms with E-state index in [1.807, 2.05) is 48.9 Å². The summed E-state index contributed by atoms with van der Waals surface area (Å²) in [6.07, 6.45) is 25.7. The largest absolute Gasteiger partial charge is 0.467 e. The summed E-state index contributed by atoms with van der Waals surface area (Å²) in [6.45, 7) is 14.2. The van der Waals surface area contributed by atoms with E-state index in [4.69, 9.17) is 4.42 Å². The SMILES string of the molecule is CCCCNc1ncnc2[nH]cc(-c3ccccc3)c12.CCCCNc1ncnc2[nH]cc(C)c12.CCCCNc1ncnc2[nH]cc(CC)c12.c1coc(CNc2ncnc3nc(C4CCC4)[nH]c23)c1. The summed E-state index contributed by atoms with van der Waals surface area (Å²) in [5.41, 5.74) is 9.07. The van der Waals surface area contributed by atoms with Gasteiger partial charge in [-0.05, 0) is 74.3 Å². The Morgan fingerprint density at radius 2 is 1.17 bits per heavy atom. The minimum Gasteiger partial charge on any atom is -0.467 e. The normalized spacial score (nSPS) is 12.1. The first-order valence-electron chi connectivity index (χ1n) is 25.1. The highest BCUT2D eigenvalue weighted by atomic mass is 16.3. The highest BCUT2D eigenvalue weighted by Gasteiger charge is 2.24. The van der Waals surface area contributed by atoms with Crippen molar-refractivity contribution in [3.63, 3.8) is 0 Å². The van der Waals surface area contributed by atoms with Crippen molar-refractivity contribution in [3.8, 4) is 11.1 Å². The number of aryl methyl sites for hydroxylation is 2. The van der Waals surface area contributed by atoms with Crippen molar-refractivity contribution in [3.05, 3.63) is 115 Å². The molecule has 9 heterocycles. The number of imidazole rings is 1. The number of anilines is 4. The molecule has 1 aliphatic carbocycles. The number of benzene rings is 1. The van der Waals surface area contributed by atoms with Gasteiger partial charge in [0.1, 0.15) is 76.8 Å². The molecule has 71 heavy (non-hydrogen) atoms. The number of aromatic nitrogens is 13. The number of rotatable bonds is 18. The van der Waals surface area contributed by atoms with Crippen molar-refractivity contribution in [2.24, 2.45) is 0 Å². The van der Waals surface area contributed by atoms with Gasteiger partial charge in [0.05, 0.1) is 29.0 Å². The monoisotopic (exact) mass is 958 g/mol. The Morgan fingerprint density at radius 3 is 1.77 bits per heavy atom. The van der Waals surface area contributed by atoms with E-state index < -0.39 is 0 Å². The summed E-state index contributed by atoms with van der Waals surface area (Å²) in [5.74, 6) is 6.03. The van der Waals surface area contributed by atoms with Crippen LogP contribution in [0.15, 0.2) is 97.0 Å². The maximum absolute atomic E-state index is 5.31. The van der Waals surface area contributed by atoms with Crippen molar-refractivity contribution < 1.29 is 4.42 Å². The minimum absolute atomic E-state index is 0.558. The average molecular weight is 958 g/mol. The number of hydrogen-bond donors (Lipinski definition) is 8. The molecule has 0 bridgehead atoms. The van der Waals surface area contributed by atoms with Crippen LogP contribution in [0.25, 0.3) is 55.4 Å². The topological polar surface area (TPSA) is 240 Å². The summed E-state index contributed by atoms with van der Waals surface area (Å²) in [7, 11) is 0. The molecule has 0 amide bonds. The van der Waals surface area contributed by atoms with Gasteiger partial charge >= 0.3 is 0 Å². The van der Waals surface area contributed by atoms with Crippen LogP contribution in [0, 0.1) is 6.92 Å². The fourth-order valence-corrected chi connectivity index (χ4v) is 8.22. The molecule has 1 saturated carbocycles. The third-order valence-electron chi connectivity index (χ3n) is 12.4. The van der Waals surface area contributed by atoms with E-state index in [0.29, 0.717) is 12.5 Å². The van der Waals surface area contributed by atoms with Crippen molar-refractivity contribution in [2.45, 2.75) is 111 Å². The number of hydrogen-bond acceptors (Lipinski definition) is 14. The molecule has 370 valence electrons. The smallest absolute Gasteiger partial charge is 0.183 e. The Kier molecular flexibility index (Phi) is 17.5. The maximum atomic E-state index is 5.31. The van der Waals surface area contributed by atoms with E-state index in [0.717, 1.165) is 130 Å². The molecule has 0 radical (unpaired) electrons. The Balaban J connectivity index is 0.000000128. The van der Waals surface area contributed by atoms with Crippen molar-refractivity contribution in [2.75, 3.05) is 40.9 Å². The lowest BCUT2D eigenvalue weighted by Gasteiger charge is -2.22. The average Bonchev–Trinajstić information content (AvgIpc) is 4.26. The van der Waals surface area contributed by atoms with Crippen molar-refractivity contribution in [1.82, 2.24) is 64.8 Å². The predicted octanol–water partition coefficient (Wildman–Crippen LogP) is 11.9. The van der Waals surface area contributed by atoms with Gasteiger partial charge in [-0.3, -0.25) is 0 Å². The second-order valence-electron chi connectivity index (χ2n) is 17.5. The predicted molar refractivity (Wildman–Crippen MR) is 286 cm³/mol. The lowest BCUT2D eigenvalue weighted by atomic mass is 9.85. The number of H-pyrrole nitrogens is 4. The molecule has 1 aromatic carbocycles. The maximum Gasteiger partial charge on any atom is 0.183 e. The second-order valence-corrected chi connectivity index (χ2v) is 17.5. The molecule has 0 atom stereocenters. The summed E-state index contributed by atoms with van der Waals surface area (Å²) in [4.78, 5) is 51.7. The Labute approximate surface area is 414 Å². The zero-order valence-corrected chi connectivity index (χ0v) is 41.6. The molecular formula is C53H67N17O. The van der Waals surface area contributed by atoms with Gasteiger partial charge in [-0.1, -0.05) is 83.7 Å². The molecule has 0 unspecified atom stereocenters.